The van der Waals surface area contributed by atoms with E-state index in [9.17, 15) is 5.11 Å². The molecule has 0 aromatic rings. The molecule has 2 heteroatoms. The van der Waals surface area contributed by atoms with Crippen LogP contribution in [0.2, 0.25) is 0 Å². The third-order valence-corrected chi connectivity index (χ3v) is 5.85. The highest BCUT2D eigenvalue weighted by atomic mass is 16.3. The first-order valence-corrected chi connectivity index (χ1v) is 12.6. The molecule has 0 heterocycles. The van der Waals surface area contributed by atoms with Crippen LogP contribution in [0.1, 0.15) is 148 Å². The number of hydrogen-bond acceptors (Lipinski definition) is 2. The highest BCUT2D eigenvalue weighted by Crippen LogP contribution is 2.15. The van der Waals surface area contributed by atoms with Crippen LogP contribution in [0.4, 0.5) is 0 Å². The van der Waals surface area contributed by atoms with Crippen LogP contribution in [0.15, 0.2) is 0 Å². The summed E-state index contributed by atoms with van der Waals surface area (Å²) in [5.74, 6) is 0. The lowest BCUT2D eigenvalue weighted by Gasteiger charge is -2.06. The number of hydrogen-bond donors (Lipinski definition) is 2. The molecule has 0 aromatic heterocycles. The van der Waals surface area contributed by atoms with Gasteiger partial charge in [-0.05, 0) is 6.42 Å². The third-order valence-electron chi connectivity index (χ3n) is 5.85. The smallest absolute Gasteiger partial charge is 0.0770 e. The lowest BCUT2D eigenvalue weighted by atomic mass is 10.0. The van der Waals surface area contributed by atoms with Crippen LogP contribution in [0.3, 0.4) is 0 Å². The number of aliphatic hydroxyl groups is 2. The van der Waals surface area contributed by atoms with Crippen molar-refractivity contribution in [2.24, 2.45) is 0 Å². The van der Waals surface area contributed by atoms with Crippen molar-refractivity contribution in [1.29, 1.82) is 0 Å². The summed E-state index contributed by atoms with van der Waals surface area (Å²) >= 11 is 0. The Morgan fingerprint density at radius 2 is 0.704 bits per heavy atom. The van der Waals surface area contributed by atoms with E-state index in [4.69, 9.17) is 5.11 Å². The molecule has 1 atom stereocenters. The normalized spacial score (nSPS) is 12.6. The van der Waals surface area contributed by atoms with E-state index in [1.54, 1.807) is 0 Å². The molecule has 27 heavy (non-hydrogen) atoms. The Balaban J connectivity index is 2.99. The van der Waals surface area contributed by atoms with Crippen molar-refractivity contribution in [3.8, 4) is 0 Å². The molecule has 2 N–H and O–H groups in total. The molecule has 0 rings (SSSR count). The Hall–Kier alpha value is -0.0800. The van der Waals surface area contributed by atoms with Crippen molar-refractivity contribution in [2.75, 3.05) is 6.61 Å². The monoisotopic (exact) mass is 384 g/mol. The van der Waals surface area contributed by atoms with Crippen LogP contribution in [0.25, 0.3) is 0 Å². The van der Waals surface area contributed by atoms with Gasteiger partial charge in [0.25, 0.3) is 0 Å². The second-order valence-corrected chi connectivity index (χ2v) is 8.70. The van der Waals surface area contributed by atoms with E-state index in [2.05, 4.69) is 6.92 Å². The van der Waals surface area contributed by atoms with Gasteiger partial charge in [-0.15, -0.1) is 0 Å². The maximum Gasteiger partial charge on any atom is 0.0770 e. The molecule has 0 radical (unpaired) electrons. The van der Waals surface area contributed by atoms with Crippen molar-refractivity contribution in [1.82, 2.24) is 0 Å². The fourth-order valence-corrected chi connectivity index (χ4v) is 3.90. The van der Waals surface area contributed by atoms with Gasteiger partial charge in [0.1, 0.15) is 0 Å². The van der Waals surface area contributed by atoms with Crippen molar-refractivity contribution in [3.05, 3.63) is 0 Å². The molecular formula is C25H52O2. The Morgan fingerprint density at radius 1 is 0.444 bits per heavy atom. The van der Waals surface area contributed by atoms with E-state index in [1.807, 2.05) is 0 Å². The van der Waals surface area contributed by atoms with Gasteiger partial charge in [-0.25, -0.2) is 0 Å². The van der Waals surface area contributed by atoms with Gasteiger partial charge < -0.3 is 10.2 Å². The minimum Gasteiger partial charge on any atom is -0.394 e. The Labute approximate surface area is 171 Å². The van der Waals surface area contributed by atoms with E-state index in [0.29, 0.717) is 0 Å². The maximum absolute atomic E-state index is 9.27. The first kappa shape index (κ1) is 26.9. The zero-order valence-electron chi connectivity index (χ0n) is 18.7. The molecule has 0 bridgehead atoms. The van der Waals surface area contributed by atoms with E-state index in [-0.39, 0.29) is 6.61 Å². The molecule has 1 unspecified atom stereocenters. The van der Waals surface area contributed by atoms with Gasteiger partial charge in [0.15, 0.2) is 0 Å². The maximum atomic E-state index is 9.27. The zero-order valence-corrected chi connectivity index (χ0v) is 18.7. The molecule has 0 saturated carbocycles. The fourth-order valence-electron chi connectivity index (χ4n) is 3.90. The standard InChI is InChI=1S/C25H52O2/c1-2-3-4-5-6-7-8-9-10-11-12-13-14-15-16-17-18-19-20-21-22-23-25(27)24-26/h25-27H,2-24H2,1H3. The summed E-state index contributed by atoms with van der Waals surface area (Å²) in [4.78, 5) is 0. The largest absolute Gasteiger partial charge is 0.394 e. The molecule has 0 spiro atoms. The summed E-state index contributed by atoms with van der Waals surface area (Å²) in [6.07, 6.45) is 29.6. The van der Waals surface area contributed by atoms with Crippen LogP contribution in [-0.2, 0) is 0 Å². The molecular weight excluding hydrogens is 332 g/mol. The summed E-state index contributed by atoms with van der Waals surface area (Å²) in [5.41, 5.74) is 0. The topological polar surface area (TPSA) is 40.5 Å². The van der Waals surface area contributed by atoms with Crippen molar-refractivity contribution in [2.45, 2.75) is 154 Å². The van der Waals surface area contributed by atoms with Crippen molar-refractivity contribution >= 4 is 0 Å². The average Bonchev–Trinajstić information content (AvgIpc) is 2.68. The van der Waals surface area contributed by atoms with Crippen molar-refractivity contribution in [3.63, 3.8) is 0 Å². The molecule has 0 amide bonds. The fraction of sp³-hybridized carbons (Fsp3) is 1.00. The van der Waals surface area contributed by atoms with E-state index in [0.717, 1.165) is 12.8 Å². The number of aliphatic hydroxyl groups excluding tert-OH is 2. The first-order chi connectivity index (χ1) is 13.3. The van der Waals surface area contributed by atoms with Crippen LogP contribution in [-0.4, -0.2) is 22.9 Å². The van der Waals surface area contributed by atoms with Crippen LogP contribution in [0, 0.1) is 0 Å². The number of rotatable bonds is 23. The number of unbranched alkanes of at least 4 members (excludes halogenated alkanes) is 20. The summed E-state index contributed by atoms with van der Waals surface area (Å²) < 4.78 is 0. The molecule has 0 aromatic carbocycles. The summed E-state index contributed by atoms with van der Waals surface area (Å²) in [6.45, 7) is 2.21. The Bertz CT molecular complexity index is 255. The molecule has 0 saturated heterocycles. The van der Waals surface area contributed by atoms with Crippen molar-refractivity contribution < 1.29 is 10.2 Å². The predicted molar refractivity (Wildman–Crippen MR) is 120 cm³/mol. The minimum atomic E-state index is -0.495. The lowest BCUT2D eigenvalue weighted by molar-refractivity contribution is 0.0860. The second kappa shape index (κ2) is 24.0. The molecule has 0 aliphatic carbocycles. The zero-order chi connectivity index (χ0) is 19.8. The first-order valence-electron chi connectivity index (χ1n) is 12.6. The highest BCUT2D eigenvalue weighted by molar-refractivity contribution is 4.54. The molecule has 0 aliphatic heterocycles. The van der Waals surface area contributed by atoms with Gasteiger partial charge in [-0.1, -0.05) is 142 Å². The van der Waals surface area contributed by atoms with Gasteiger partial charge >= 0.3 is 0 Å². The molecule has 0 fully saturated rings. The Kier molecular flexibility index (Phi) is 23.9. The minimum absolute atomic E-state index is 0.0841. The van der Waals surface area contributed by atoms with Gasteiger partial charge in [0.2, 0.25) is 0 Å². The van der Waals surface area contributed by atoms with E-state index in [1.165, 1.54) is 128 Å². The van der Waals surface area contributed by atoms with Crippen LogP contribution in [0.5, 0.6) is 0 Å². The lowest BCUT2D eigenvalue weighted by Crippen LogP contribution is -2.10. The van der Waals surface area contributed by atoms with Gasteiger partial charge in [-0.3, -0.25) is 0 Å². The Morgan fingerprint density at radius 3 is 0.963 bits per heavy atom. The van der Waals surface area contributed by atoms with Crippen LogP contribution >= 0.6 is 0 Å². The van der Waals surface area contributed by atoms with E-state index < -0.39 is 6.10 Å². The average molecular weight is 385 g/mol. The highest BCUT2D eigenvalue weighted by Gasteiger charge is 2.00. The third kappa shape index (κ3) is 23.9. The van der Waals surface area contributed by atoms with Gasteiger partial charge in [-0.2, -0.15) is 0 Å². The molecule has 164 valence electrons. The molecule has 2 nitrogen and oxygen atoms in total. The van der Waals surface area contributed by atoms with Crippen LogP contribution < -0.4 is 0 Å². The molecule has 0 aliphatic rings. The predicted octanol–water partition coefficient (Wildman–Crippen LogP) is 7.94. The summed E-state index contributed by atoms with van der Waals surface area (Å²) in [7, 11) is 0. The SMILES string of the molecule is CCCCCCCCCCCCCCCCCCCCCCCC(O)CO. The van der Waals surface area contributed by atoms with E-state index >= 15 is 0 Å². The summed E-state index contributed by atoms with van der Waals surface area (Å²) in [5, 5.41) is 18.0. The summed E-state index contributed by atoms with van der Waals surface area (Å²) in [6, 6.07) is 0. The quantitative estimate of drug-likeness (QED) is 0.175. The second-order valence-electron chi connectivity index (χ2n) is 8.70. The van der Waals surface area contributed by atoms with Gasteiger partial charge in [0.05, 0.1) is 12.7 Å². The van der Waals surface area contributed by atoms with Gasteiger partial charge in [0, 0.05) is 0 Å².